The highest BCUT2D eigenvalue weighted by molar-refractivity contribution is 7.85. The summed E-state index contributed by atoms with van der Waals surface area (Å²) < 4.78 is 11.9. The molecular formula is C9H14ClN3OS. The van der Waals surface area contributed by atoms with Crippen LogP contribution in [0, 0.1) is 6.92 Å². The van der Waals surface area contributed by atoms with Crippen LogP contribution in [0.1, 0.15) is 12.1 Å². The van der Waals surface area contributed by atoms with Gasteiger partial charge in [0.15, 0.2) is 0 Å². The van der Waals surface area contributed by atoms with Crippen molar-refractivity contribution in [1.82, 2.24) is 15.5 Å². The Morgan fingerprint density at radius 2 is 2.27 bits per heavy atom. The molecular weight excluding hydrogens is 234 g/mol. The largest absolute Gasteiger partial charge is 0.315 e. The Morgan fingerprint density at radius 1 is 1.47 bits per heavy atom. The topological polar surface area (TPSA) is 54.9 Å². The van der Waals surface area contributed by atoms with Gasteiger partial charge in [0, 0.05) is 6.54 Å². The summed E-state index contributed by atoms with van der Waals surface area (Å²) in [4.78, 5) is 0. The Morgan fingerprint density at radius 3 is 2.80 bits per heavy atom. The molecule has 2 heterocycles. The third-order valence-corrected chi connectivity index (χ3v) is 3.94. The van der Waals surface area contributed by atoms with E-state index in [2.05, 4.69) is 15.5 Å². The molecule has 0 bridgehead atoms. The van der Waals surface area contributed by atoms with Crippen LogP contribution in [0.4, 0.5) is 0 Å². The molecule has 6 heteroatoms. The molecule has 0 amide bonds. The smallest absolute Gasteiger partial charge is 0.150 e. The van der Waals surface area contributed by atoms with E-state index in [1.807, 2.05) is 13.0 Å². The van der Waals surface area contributed by atoms with Gasteiger partial charge in [0.2, 0.25) is 0 Å². The lowest BCUT2D eigenvalue weighted by Crippen LogP contribution is -2.19. The second-order valence-electron chi connectivity index (χ2n) is 3.43. The van der Waals surface area contributed by atoms with E-state index in [-0.39, 0.29) is 17.7 Å². The molecule has 2 rings (SSSR count). The quantitative estimate of drug-likeness (QED) is 0.835. The zero-order chi connectivity index (χ0) is 9.97. The van der Waals surface area contributed by atoms with E-state index in [1.165, 1.54) is 0 Å². The number of aryl methyl sites for hydroxylation is 1. The molecule has 4 nitrogen and oxygen atoms in total. The van der Waals surface area contributed by atoms with Crippen LogP contribution in [0.3, 0.4) is 0 Å². The molecule has 0 saturated carbocycles. The summed E-state index contributed by atoms with van der Waals surface area (Å²) in [5, 5.41) is 11.8. The summed E-state index contributed by atoms with van der Waals surface area (Å²) in [6, 6.07) is 3.65. The predicted molar refractivity (Wildman–Crippen MR) is 61.7 cm³/mol. The van der Waals surface area contributed by atoms with Gasteiger partial charge in [0.1, 0.15) is 5.03 Å². The van der Waals surface area contributed by atoms with Crippen LogP contribution in [0.25, 0.3) is 0 Å². The van der Waals surface area contributed by atoms with Crippen molar-refractivity contribution in [2.75, 3.05) is 13.1 Å². The third kappa shape index (κ3) is 2.96. The Bertz CT molecular complexity index is 338. The molecule has 0 radical (unpaired) electrons. The van der Waals surface area contributed by atoms with Crippen LogP contribution >= 0.6 is 12.4 Å². The molecule has 84 valence electrons. The highest BCUT2D eigenvalue weighted by atomic mass is 35.5. The van der Waals surface area contributed by atoms with Gasteiger partial charge in [-0.3, -0.25) is 4.21 Å². The van der Waals surface area contributed by atoms with Crippen molar-refractivity contribution in [3.05, 3.63) is 17.8 Å². The first-order chi connectivity index (χ1) is 6.77. The lowest BCUT2D eigenvalue weighted by Gasteiger charge is -2.06. The van der Waals surface area contributed by atoms with Crippen LogP contribution in [-0.2, 0) is 10.8 Å². The molecule has 1 aromatic rings. The Balaban J connectivity index is 0.00000112. The maximum absolute atomic E-state index is 11.9. The molecule has 1 aromatic heterocycles. The van der Waals surface area contributed by atoms with E-state index < -0.39 is 10.8 Å². The number of rotatable bonds is 2. The maximum Gasteiger partial charge on any atom is 0.150 e. The van der Waals surface area contributed by atoms with Crippen molar-refractivity contribution < 1.29 is 4.21 Å². The molecule has 0 spiro atoms. The van der Waals surface area contributed by atoms with Crippen LogP contribution in [0.5, 0.6) is 0 Å². The maximum atomic E-state index is 11.9. The number of hydrogen-bond acceptors (Lipinski definition) is 4. The molecule has 1 aliphatic rings. The zero-order valence-corrected chi connectivity index (χ0v) is 10.1. The van der Waals surface area contributed by atoms with E-state index in [1.54, 1.807) is 6.07 Å². The molecule has 1 N–H and O–H groups in total. The molecule has 1 saturated heterocycles. The van der Waals surface area contributed by atoms with Gasteiger partial charge in [0.05, 0.1) is 21.7 Å². The third-order valence-electron chi connectivity index (χ3n) is 2.30. The van der Waals surface area contributed by atoms with Crippen LogP contribution < -0.4 is 5.32 Å². The summed E-state index contributed by atoms with van der Waals surface area (Å²) in [5.41, 5.74) is 0.857. The summed E-state index contributed by atoms with van der Waals surface area (Å²) >= 11 is 0. The van der Waals surface area contributed by atoms with Crippen LogP contribution in [-0.4, -0.2) is 32.7 Å². The number of nitrogens with one attached hydrogen (secondary N) is 1. The van der Waals surface area contributed by atoms with Gasteiger partial charge < -0.3 is 5.32 Å². The van der Waals surface area contributed by atoms with Gasteiger partial charge in [-0.2, -0.15) is 5.10 Å². The number of hydrogen-bond donors (Lipinski definition) is 1. The van der Waals surface area contributed by atoms with Gasteiger partial charge in [-0.15, -0.1) is 17.5 Å². The van der Waals surface area contributed by atoms with Crippen molar-refractivity contribution >= 4 is 23.2 Å². The van der Waals surface area contributed by atoms with Gasteiger partial charge in [0.25, 0.3) is 0 Å². The van der Waals surface area contributed by atoms with Crippen molar-refractivity contribution in [1.29, 1.82) is 0 Å². The SMILES string of the molecule is Cc1ccc([S@](=O)[C@H]2CCNC2)nn1.Cl. The lowest BCUT2D eigenvalue weighted by molar-refractivity contribution is 0.666. The molecule has 0 aromatic carbocycles. The van der Waals surface area contributed by atoms with E-state index >= 15 is 0 Å². The van der Waals surface area contributed by atoms with Crippen molar-refractivity contribution in [2.45, 2.75) is 23.6 Å². The molecule has 2 atom stereocenters. The van der Waals surface area contributed by atoms with Gasteiger partial charge in [-0.1, -0.05) is 0 Å². The minimum Gasteiger partial charge on any atom is -0.315 e. The van der Waals surface area contributed by atoms with Crippen molar-refractivity contribution in [3.8, 4) is 0 Å². The Labute approximate surface area is 97.7 Å². The van der Waals surface area contributed by atoms with Gasteiger partial charge in [-0.25, -0.2) is 0 Å². The molecule has 1 aliphatic heterocycles. The fourth-order valence-electron chi connectivity index (χ4n) is 1.48. The van der Waals surface area contributed by atoms with E-state index in [0.717, 1.165) is 25.2 Å². The zero-order valence-electron chi connectivity index (χ0n) is 8.47. The highest BCUT2D eigenvalue weighted by Crippen LogP contribution is 2.13. The first kappa shape index (κ1) is 12.5. The van der Waals surface area contributed by atoms with E-state index in [4.69, 9.17) is 0 Å². The van der Waals surface area contributed by atoms with Gasteiger partial charge >= 0.3 is 0 Å². The second kappa shape index (κ2) is 5.53. The lowest BCUT2D eigenvalue weighted by atomic mass is 10.4. The van der Waals surface area contributed by atoms with Crippen molar-refractivity contribution in [2.24, 2.45) is 0 Å². The minimum atomic E-state index is -1.00. The average molecular weight is 248 g/mol. The number of aromatic nitrogens is 2. The number of halogens is 1. The van der Waals surface area contributed by atoms with E-state index in [0.29, 0.717) is 5.03 Å². The van der Waals surface area contributed by atoms with Crippen LogP contribution in [0.15, 0.2) is 17.2 Å². The first-order valence-electron chi connectivity index (χ1n) is 4.69. The Hall–Kier alpha value is -0.520. The first-order valence-corrected chi connectivity index (χ1v) is 5.90. The monoisotopic (exact) mass is 247 g/mol. The average Bonchev–Trinajstić information content (AvgIpc) is 2.71. The normalized spacial score (nSPS) is 22.1. The summed E-state index contributed by atoms with van der Waals surface area (Å²) in [5.74, 6) is 0. The minimum absolute atomic E-state index is 0. The fourth-order valence-corrected chi connectivity index (χ4v) is 2.74. The van der Waals surface area contributed by atoms with E-state index in [9.17, 15) is 4.21 Å². The fraction of sp³-hybridized carbons (Fsp3) is 0.556. The molecule has 15 heavy (non-hydrogen) atoms. The Kier molecular flexibility index (Phi) is 4.63. The molecule has 0 unspecified atom stereocenters. The molecule has 0 aliphatic carbocycles. The summed E-state index contributed by atoms with van der Waals surface area (Å²) in [6.07, 6.45) is 0.960. The molecule has 1 fully saturated rings. The summed E-state index contributed by atoms with van der Waals surface area (Å²) in [7, 11) is -1.00. The second-order valence-corrected chi connectivity index (χ2v) is 5.10. The standard InChI is InChI=1S/C9H13N3OS.ClH/c1-7-2-3-9(12-11-7)14(13)8-4-5-10-6-8;/h2-3,8,10H,4-6H2,1H3;1H/t8-,14+;/m0./s1. The summed E-state index contributed by atoms with van der Waals surface area (Å²) in [6.45, 7) is 3.65. The van der Waals surface area contributed by atoms with Gasteiger partial charge in [-0.05, 0) is 32.0 Å². The predicted octanol–water partition coefficient (Wildman–Crippen LogP) is 0.676. The van der Waals surface area contributed by atoms with Crippen molar-refractivity contribution in [3.63, 3.8) is 0 Å². The van der Waals surface area contributed by atoms with Crippen LogP contribution in [0.2, 0.25) is 0 Å². The number of nitrogens with zero attached hydrogens (tertiary/aromatic N) is 2. The highest BCUT2D eigenvalue weighted by Gasteiger charge is 2.23.